The van der Waals surface area contributed by atoms with Crippen LogP contribution in [0.2, 0.25) is 10.0 Å². The van der Waals surface area contributed by atoms with Crippen LogP contribution in [0.15, 0.2) is 71.8 Å². The van der Waals surface area contributed by atoms with E-state index in [1.54, 1.807) is 66.7 Å². The van der Waals surface area contributed by atoms with E-state index < -0.39 is 11.8 Å². The Bertz CT molecular complexity index is 1130. The van der Waals surface area contributed by atoms with E-state index >= 15 is 0 Å². The summed E-state index contributed by atoms with van der Waals surface area (Å²) in [6, 6.07) is 19.0. The van der Waals surface area contributed by atoms with Crippen molar-refractivity contribution in [1.29, 1.82) is 0 Å². The van der Waals surface area contributed by atoms with Gasteiger partial charge in [0.2, 0.25) is 0 Å². The molecule has 0 saturated heterocycles. The first-order valence-electron chi connectivity index (χ1n) is 9.40. The third kappa shape index (κ3) is 6.47. The molecule has 2 amide bonds. The summed E-state index contributed by atoms with van der Waals surface area (Å²) < 4.78 is 10.8. The van der Waals surface area contributed by atoms with E-state index in [2.05, 4.69) is 15.8 Å². The molecule has 32 heavy (non-hydrogen) atoms. The number of hydrogen-bond donors (Lipinski definition) is 2. The van der Waals surface area contributed by atoms with Crippen LogP contribution in [0.3, 0.4) is 0 Å². The number of carbonyl (C=O) groups is 2. The molecule has 0 bridgehead atoms. The van der Waals surface area contributed by atoms with Crippen LogP contribution in [0.1, 0.15) is 11.1 Å². The number of hydrazone groups is 1. The second-order valence-electron chi connectivity index (χ2n) is 6.45. The van der Waals surface area contributed by atoms with Crippen LogP contribution in [0, 0.1) is 0 Å². The predicted molar refractivity (Wildman–Crippen MR) is 125 cm³/mol. The lowest BCUT2D eigenvalue weighted by atomic mass is 10.2. The Morgan fingerprint density at radius 3 is 2.47 bits per heavy atom. The molecule has 0 aliphatic carbocycles. The van der Waals surface area contributed by atoms with Gasteiger partial charge in [-0.15, -0.1) is 0 Å². The fraction of sp³-hybridized carbons (Fsp3) is 0.0870. The summed E-state index contributed by atoms with van der Waals surface area (Å²) in [5, 5.41) is 7.37. The number of halogens is 2. The van der Waals surface area contributed by atoms with Gasteiger partial charge >= 0.3 is 11.8 Å². The van der Waals surface area contributed by atoms with Gasteiger partial charge in [-0.2, -0.15) is 5.10 Å². The van der Waals surface area contributed by atoms with Crippen molar-refractivity contribution >= 4 is 46.9 Å². The van der Waals surface area contributed by atoms with Gasteiger partial charge in [-0.3, -0.25) is 9.59 Å². The first kappa shape index (κ1) is 23.1. The van der Waals surface area contributed by atoms with E-state index in [4.69, 9.17) is 32.7 Å². The summed E-state index contributed by atoms with van der Waals surface area (Å²) >= 11 is 12.0. The number of methoxy groups -OCH3 is 1. The van der Waals surface area contributed by atoms with Crippen molar-refractivity contribution in [2.45, 2.75) is 6.61 Å². The average Bonchev–Trinajstić information content (AvgIpc) is 2.79. The topological polar surface area (TPSA) is 89.0 Å². The maximum absolute atomic E-state index is 12.0. The molecule has 0 aliphatic heterocycles. The molecule has 0 fully saturated rings. The predicted octanol–water partition coefficient (Wildman–Crippen LogP) is 4.67. The molecule has 3 aromatic rings. The average molecular weight is 472 g/mol. The summed E-state index contributed by atoms with van der Waals surface area (Å²) in [5.74, 6) is -0.700. The third-order valence-electron chi connectivity index (χ3n) is 4.23. The number of para-hydroxylation sites is 2. The fourth-order valence-corrected chi connectivity index (χ4v) is 3.06. The smallest absolute Gasteiger partial charge is 0.329 e. The highest BCUT2D eigenvalue weighted by atomic mass is 35.5. The minimum Gasteiger partial charge on any atom is -0.495 e. The Kier molecular flexibility index (Phi) is 8.08. The highest BCUT2D eigenvalue weighted by Gasteiger charge is 2.14. The molecule has 164 valence electrons. The van der Waals surface area contributed by atoms with E-state index in [1.807, 2.05) is 0 Å². The summed E-state index contributed by atoms with van der Waals surface area (Å²) in [6.45, 7) is 0.292. The van der Waals surface area contributed by atoms with Gasteiger partial charge in [0.25, 0.3) is 0 Å². The van der Waals surface area contributed by atoms with Crippen LogP contribution in [0.25, 0.3) is 0 Å². The molecule has 0 saturated carbocycles. The minimum atomic E-state index is -0.910. The number of rotatable bonds is 7. The number of nitrogens with one attached hydrogen (secondary N) is 2. The van der Waals surface area contributed by atoms with Crippen LogP contribution in [0.4, 0.5) is 5.69 Å². The number of nitrogens with zero attached hydrogens (tertiary/aromatic N) is 1. The maximum atomic E-state index is 12.0. The van der Waals surface area contributed by atoms with Gasteiger partial charge in [0, 0.05) is 15.6 Å². The van der Waals surface area contributed by atoms with E-state index in [0.717, 1.165) is 5.56 Å². The van der Waals surface area contributed by atoms with Crippen molar-refractivity contribution in [3.05, 3.63) is 87.9 Å². The van der Waals surface area contributed by atoms with Crippen molar-refractivity contribution in [3.63, 3.8) is 0 Å². The third-order valence-corrected chi connectivity index (χ3v) is 4.82. The molecule has 0 unspecified atom stereocenters. The second-order valence-corrected chi connectivity index (χ2v) is 7.29. The molecule has 0 atom stereocenters. The monoisotopic (exact) mass is 471 g/mol. The molecule has 3 rings (SSSR count). The van der Waals surface area contributed by atoms with Gasteiger partial charge < -0.3 is 14.8 Å². The summed E-state index contributed by atoms with van der Waals surface area (Å²) in [5.41, 5.74) is 4.08. The lowest BCUT2D eigenvalue weighted by molar-refractivity contribution is -0.136. The molecule has 0 aromatic heterocycles. The number of anilines is 1. The maximum Gasteiger partial charge on any atom is 0.329 e. The summed E-state index contributed by atoms with van der Waals surface area (Å²) in [4.78, 5) is 24.0. The van der Waals surface area contributed by atoms with Gasteiger partial charge in [-0.05, 0) is 54.1 Å². The van der Waals surface area contributed by atoms with Crippen molar-refractivity contribution in [1.82, 2.24) is 5.43 Å². The number of ether oxygens (including phenoxy) is 2. The summed E-state index contributed by atoms with van der Waals surface area (Å²) in [7, 11) is 1.47. The molecule has 3 aromatic carbocycles. The lowest BCUT2D eigenvalue weighted by Gasteiger charge is -2.09. The highest BCUT2D eigenvalue weighted by molar-refractivity contribution is 6.39. The second kappa shape index (κ2) is 11.2. The van der Waals surface area contributed by atoms with E-state index in [1.165, 1.54) is 13.3 Å². The SMILES string of the molecule is COc1ccccc1NC(=O)C(=O)N/N=C\c1ccc(OCc2ccc(Cl)cc2Cl)cc1. The van der Waals surface area contributed by atoms with Gasteiger partial charge in [-0.1, -0.05) is 41.4 Å². The van der Waals surface area contributed by atoms with Crippen molar-refractivity contribution < 1.29 is 19.1 Å². The Labute approximate surface area is 194 Å². The van der Waals surface area contributed by atoms with Crippen molar-refractivity contribution in [2.75, 3.05) is 12.4 Å². The Morgan fingerprint density at radius 2 is 1.75 bits per heavy atom. The fourth-order valence-electron chi connectivity index (χ4n) is 2.59. The van der Waals surface area contributed by atoms with Crippen LogP contribution in [0.5, 0.6) is 11.5 Å². The molecule has 0 spiro atoms. The van der Waals surface area contributed by atoms with Crippen LogP contribution >= 0.6 is 23.2 Å². The van der Waals surface area contributed by atoms with Crippen LogP contribution < -0.4 is 20.2 Å². The molecule has 0 heterocycles. The van der Waals surface area contributed by atoms with Crippen molar-refractivity contribution in [3.8, 4) is 11.5 Å². The zero-order valence-electron chi connectivity index (χ0n) is 17.0. The van der Waals surface area contributed by atoms with Crippen LogP contribution in [-0.4, -0.2) is 25.1 Å². The zero-order valence-corrected chi connectivity index (χ0v) is 18.5. The van der Waals surface area contributed by atoms with Gasteiger partial charge in [0.15, 0.2) is 0 Å². The molecule has 0 aliphatic rings. The van der Waals surface area contributed by atoms with E-state index in [-0.39, 0.29) is 0 Å². The number of carbonyl (C=O) groups excluding carboxylic acids is 2. The highest BCUT2D eigenvalue weighted by Crippen LogP contribution is 2.23. The van der Waals surface area contributed by atoms with Gasteiger partial charge in [-0.25, -0.2) is 5.43 Å². The number of amides is 2. The number of hydrogen-bond acceptors (Lipinski definition) is 5. The zero-order chi connectivity index (χ0) is 22.9. The Morgan fingerprint density at radius 1 is 1.00 bits per heavy atom. The first-order chi connectivity index (χ1) is 15.5. The van der Waals surface area contributed by atoms with E-state index in [9.17, 15) is 9.59 Å². The van der Waals surface area contributed by atoms with Gasteiger partial charge in [0.1, 0.15) is 18.1 Å². The molecule has 9 heteroatoms. The minimum absolute atomic E-state index is 0.292. The summed E-state index contributed by atoms with van der Waals surface area (Å²) in [6.07, 6.45) is 1.41. The van der Waals surface area contributed by atoms with Crippen LogP contribution in [-0.2, 0) is 16.2 Å². The normalized spacial score (nSPS) is 10.6. The van der Waals surface area contributed by atoms with Gasteiger partial charge in [0.05, 0.1) is 19.0 Å². The molecule has 7 nitrogen and oxygen atoms in total. The standard InChI is InChI=1S/C23H19Cl2N3O4/c1-31-21-5-3-2-4-20(21)27-22(29)23(30)28-26-13-15-6-10-18(11-7-15)32-14-16-8-9-17(24)12-19(16)25/h2-13H,14H2,1H3,(H,27,29)(H,28,30)/b26-13-. The lowest BCUT2D eigenvalue weighted by Crippen LogP contribution is -2.32. The van der Waals surface area contributed by atoms with Crippen molar-refractivity contribution in [2.24, 2.45) is 5.10 Å². The molecular weight excluding hydrogens is 453 g/mol. The Hall–Kier alpha value is -3.55. The quantitative estimate of drug-likeness (QED) is 0.297. The Balaban J connectivity index is 1.49. The largest absolute Gasteiger partial charge is 0.495 e. The first-order valence-corrected chi connectivity index (χ1v) is 10.2. The van der Waals surface area contributed by atoms with E-state index in [0.29, 0.717) is 39.4 Å². The molecule has 2 N–H and O–H groups in total. The molecular formula is C23H19Cl2N3O4. The number of benzene rings is 3. The molecule has 0 radical (unpaired) electrons.